The van der Waals surface area contributed by atoms with E-state index in [1.807, 2.05) is 32.3 Å². The van der Waals surface area contributed by atoms with Gasteiger partial charge in [0.1, 0.15) is 11.4 Å². The van der Waals surface area contributed by atoms with Crippen molar-refractivity contribution in [1.29, 1.82) is 0 Å². The molecule has 0 radical (unpaired) electrons. The van der Waals surface area contributed by atoms with Crippen molar-refractivity contribution >= 4 is 0 Å². The Morgan fingerprint density at radius 2 is 2.14 bits per heavy atom. The molecule has 0 unspecified atom stereocenters. The smallest absolute Gasteiger partial charge is 0.160 e. The average molecular weight is 302 g/mol. The predicted molar refractivity (Wildman–Crippen MR) is 81.0 cm³/mol. The summed E-state index contributed by atoms with van der Waals surface area (Å²) in [6.07, 6.45) is 3.86. The van der Waals surface area contributed by atoms with Gasteiger partial charge >= 0.3 is 0 Å². The number of aromatic nitrogens is 3. The van der Waals surface area contributed by atoms with Crippen LogP contribution in [-0.4, -0.2) is 33.7 Å². The summed E-state index contributed by atoms with van der Waals surface area (Å²) < 4.78 is 10.9. The van der Waals surface area contributed by atoms with Crippen molar-refractivity contribution in [1.82, 2.24) is 20.0 Å². The van der Waals surface area contributed by atoms with E-state index in [-0.39, 0.29) is 5.60 Å². The van der Waals surface area contributed by atoms with Crippen LogP contribution in [0.4, 0.5) is 0 Å². The Hall–Kier alpha value is -1.79. The van der Waals surface area contributed by atoms with E-state index in [0.29, 0.717) is 0 Å². The van der Waals surface area contributed by atoms with E-state index in [9.17, 15) is 0 Å². The molecule has 0 N–H and O–H groups in total. The zero-order valence-corrected chi connectivity index (χ0v) is 13.4. The molecule has 0 amide bonds. The molecular formula is C16H22N4O2. The van der Waals surface area contributed by atoms with Gasteiger partial charge in [-0.3, -0.25) is 4.90 Å². The standard InChI is InChI=1S/C16H22N4O2/c1-12-9-14(19-22-12)11-20(3)10-13-5-7-17-15(18-13)16(2)6-4-8-21-16/h5,7,9H,4,6,8,10-11H2,1-3H3/t16-/m1/s1. The van der Waals surface area contributed by atoms with Gasteiger partial charge in [0.05, 0.1) is 11.4 Å². The quantitative estimate of drug-likeness (QED) is 0.845. The number of hydrogen-bond acceptors (Lipinski definition) is 6. The van der Waals surface area contributed by atoms with Crippen LogP contribution in [0, 0.1) is 6.92 Å². The molecule has 2 aromatic heterocycles. The van der Waals surface area contributed by atoms with Crippen LogP contribution in [0.2, 0.25) is 0 Å². The third-order valence-electron chi connectivity index (χ3n) is 3.95. The highest BCUT2D eigenvalue weighted by atomic mass is 16.5. The maximum atomic E-state index is 5.82. The zero-order chi connectivity index (χ0) is 15.6. The summed E-state index contributed by atoms with van der Waals surface area (Å²) in [5, 5.41) is 4.02. The van der Waals surface area contributed by atoms with Crippen molar-refractivity contribution in [3.8, 4) is 0 Å². The average Bonchev–Trinajstić information content (AvgIpc) is 3.09. The molecule has 6 nitrogen and oxygen atoms in total. The van der Waals surface area contributed by atoms with Crippen molar-refractivity contribution in [2.75, 3.05) is 13.7 Å². The molecule has 22 heavy (non-hydrogen) atoms. The van der Waals surface area contributed by atoms with Gasteiger partial charge in [0.15, 0.2) is 5.82 Å². The van der Waals surface area contributed by atoms with E-state index in [4.69, 9.17) is 14.2 Å². The molecular weight excluding hydrogens is 280 g/mol. The fourth-order valence-electron chi connectivity index (χ4n) is 2.80. The van der Waals surface area contributed by atoms with Crippen LogP contribution in [0.5, 0.6) is 0 Å². The van der Waals surface area contributed by atoms with E-state index in [0.717, 1.165) is 55.5 Å². The van der Waals surface area contributed by atoms with Gasteiger partial charge in [-0.25, -0.2) is 9.97 Å². The topological polar surface area (TPSA) is 64.3 Å². The number of aryl methyl sites for hydroxylation is 1. The Morgan fingerprint density at radius 3 is 2.82 bits per heavy atom. The molecule has 0 aliphatic carbocycles. The van der Waals surface area contributed by atoms with Gasteiger partial charge in [-0.15, -0.1) is 0 Å². The van der Waals surface area contributed by atoms with E-state index in [2.05, 4.69) is 22.0 Å². The van der Waals surface area contributed by atoms with Crippen LogP contribution in [0.15, 0.2) is 22.9 Å². The van der Waals surface area contributed by atoms with Gasteiger partial charge in [-0.05, 0) is 39.8 Å². The van der Waals surface area contributed by atoms with Gasteiger partial charge in [0.25, 0.3) is 0 Å². The van der Waals surface area contributed by atoms with Gasteiger partial charge < -0.3 is 9.26 Å². The van der Waals surface area contributed by atoms with Crippen molar-refractivity contribution in [2.45, 2.75) is 45.4 Å². The zero-order valence-electron chi connectivity index (χ0n) is 13.4. The number of ether oxygens (including phenoxy) is 1. The maximum Gasteiger partial charge on any atom is 0.160 e. The molecule has 3 rings (SSSR count). The van der Waals surface area contributed by atoms with Crippen molar-refractivity contribution in [2.24, 2.45) is 0 Å². The fourth-order valence-corrected chi connectivity index (χ4v) is 2.80. The molecule has 2 aromatic rings. The van der Waals surface area contributed by atoms with E-state index >= 15 is 0 Å². The van der Waals surface area contributed by atoms with E-state index < -0.39 is 0 Å². The lowest BCUT2D eigenvalue weighted by molar-refractivity contribution is 0.00903. The van der Waals surface area contributed by atoms with Gasteiger partial charge in [0, 0.05) is 32.0 Å². The summed E-state index contributed by atoms with van der Waals surface area (Å²) in [4.78, 5) is 11.3. The monoisotopic (exact) mass is 302 g/mol. The van der Waals surface area contributed by atoms with Crippen LogP contribution in [0.1, 0.15) is 42.7 Å². The van der Waals surface area contributed by atoms with Crippen molar-refractivity contribution in [3.05, 3.63) is 41.3 Å². The second-order valence-electron chi connectivity index (χ2n) is 6.16. The Kier molecular flexibility index (Phi) is 4.22. The lowest BCUT2D eigenvalue weighted by atomic mass is 10.0. The highest BCUT2D eigenvalue weighted by molar-refractivity contribution is 5.09. The number of rotatable bonds is 5. The molecule has 1 atom stereocenters. The predicted octanol–water partition coefficient (Wildman–Crippen LogP) is 2.43. The lowest BCUT2D eigenvalue weighted by Gasteiger charge is -2.22. The van der Waals surface area contributed by atoms with Crippen LogP contribution in [-0.2, 0) is 23.4 Å². The SMILES string of the molecule is Cc1cc(CN(C)Cc2ccnc([C@@]3(C)CCCO3)n2)no1. The molecule has 1 aliphatic rings. The highest BCUT2D eigenvalue weighted by Crippen LogP contribution is 2.33. The van der Waals surface area contributed by atoms with Gasteiger partial charge in [-0.2, -0.15) is 0 Å². The number of nitrogens with zero attached hydrogens (tertiary/aromatic N) is 4. The Bertz CT molecular complexity index is 635. The molecule has 118 valence electrons. The summed E-state index contributed by atoms with van der Waals surface area (Å²) in [6.45, 7) is 6.22. The molecule has 1 saturated heterocycles. The molecule has 1 fully saturated rings. The normalized spacial score (nSPS) is 21.6. The van der Waals surface area contributed by atoms with Gasteiger partial charge in [-0.1, -0.05) is 5.16 Å². The first-order valence-corrected chi connectivity index (χ1v) is 7.62. The first kappa shape index (κ1) is 15.1. The minimum absolute atomic E-state index is 0.336. The molecule has 0 saturated carbocycles. The lowest BCUT2D eigenvalue weighted by Crippen LogP contribution is -2.25. The molecule has 6 heteroatoms. The van der Waals surface area contributed by atoms with Crippen LogP contribution in [0.3, 0.4) is 0 Å². The highest BCUT2D eigenvalue weighted by Gasteiger charge is 2.34. The first-order chi connectivity index (χ1) is 10.5. The summed E-state index contributed by atoms with van der Waals surface area (Å²) in [5.74, 6) is 1.62. The second kappa shape index (κ2) is 6.14. The summed E-state index contributed by atoms with van der Waals surface area (Å²) in [6, 6.07) is 3.90. The first-order valence-electron chi connectivity index (χ1n) is 7.62. The van der Waals surface area contributed by atoms with Gasteiger partial charge in [0.2, 0.25) is 0 Å². The molecule has 0 spiro atoms. The van der Waals surface area contributed by atoms with Crippen LogP contribution in [0.25, 0.3) is 0 Å². The van der Waals surface area contributed by atoms with Crippen molar-refractivity contribution in [3.63, 3.8) is 0 Å². The Morgan fingerprint density at radius 1 is 1.32 bits per heavy atom. The Labute approximate surface area is 130 Å². The van der Waals surface area contributed by atoms with Crippen molar-refractivity contribution < 1.29 is 9.26 Å². The van der Waals surface area contributed by atoms with E-state index in [1.54, 1.807) is 0 Å². The molecule has 0 aromatic carbocycles. The summed E-state index contributed by atoms with van der Waals surface area (Å²) in [5.41, 5.74) is 1.59. The summed E-state index contributed by atoms with van der Waals surface area (Å²) in [7, 11) is 2.04. The van der Waals surface area contributed by atoms with E-state index in [1.165, 1.54) is 0 Å². The molecule has 1 aliphatic heterocycles. The minimum atomic E-state index is -0.336. The molecule has 3 heterocycles. The number of hydrogen-bond donors (Lipinski definition) is 0. The van der Waals surface area contributed by atoms with Crippen LogP contribution >= 0.6 is 0 Å². The third kappa shape index (κ3) is 3.34. The largest absolute Gasteiger partial charge is 0.367 e. The second-order valence-corrected chi connectivity index (χ2v) is 6.16. The maximum absolute atomic E-state index is 5.82. The fraction of sp³-hybridized carbons (Fsp3) is 0.562. The third-order valence-corrected chi connectivity index (χ3v) is 3.95. The van der Waals surface area contributed by atoms with Crippen LogP contribution < -0.4 is 0 Å². The summed E-state index contributed by atoms with van der Waals surface area (Å²) >= 11 is 0. The molecule has 0 bridgehead atoms. The minimum Gasteiger partial charge on any atom is -0.367 e. The Balaban J connectivity index is 1.67.